The number of aliphatic hydroxyl groups is 3. The molecule has 4 aromatic rings. The van der Waals surface area contributed by atoms with E-state index in [2.05, 4.69) is 42.6 Å². The molecule has 11 atom stereocenters. The van der Waals surface area contributed by atoms with Gasteiger partial charge in [0, 0.05) is 7.11 Å². The van der Waals surface area contributed by atoms with Crippen LogP contribution in [0, 0.1) is 0 Å². The number of nitrogens with zero attached hydrogens (tertiary/aromatic N) is 6. The molecule has 2 aliphatic heterocycles. The summed E-state index contributed by atoms with van der Waals surface area (Å²) in [6, 6.07) is 0. The SMILES string of the molecule is CO[C@@H]1[C@H](O)C(COP(=O)([O-])OP(=O)([O-])OP(=O)([O-])OC[C@H]2OC([n+]3cn(C)c4c(=O)[nH]c(N)nc43)[C@@H](O)[C@@H]2O)O[C@H]1n1cnc2c(=O)[nH]c(N)nc21. The first-order chi connectivity index (χ1) is 24.7. The number of hydrogen-bond acceptors (Lipinski definition) is 23. The second-order valence-electron chi connectivity index (χ2n) is 11.4. The second-order valence-corrected chi connectivity index (χ2v) is 15.9. The number of anilines is 2. The van der Waals surface area contributed by atoms with E-state index in [0.29, 0.717) is 0 Å². The third kappa shape index (κ3) is 7.85. The van der Waals surface area contributed by atoms with Crippen molar-refractivity contribution in [2.75, 3.05) is 31.8 Å². The highest BCUT2D eigenvalue weighted by Gasteiger charge is 2.48. The smallest absolute Gasteiger partial charge is 0.313 e. The summed E-state index contributed by atoms with van der Waals surface area (Å²) in [4.78, 5) is 77.9. The zero-order valence-electron chi connectivity index (χ0n) is 26.8. The number of rotatable bonds is 13. The molecule has 0 bridgehead atoms. The maximum atomic E-state index is 12.4. The number of imidazole rings is 2. The number of phosphoric ester groups is 2. The lowest BCUT2D eigenvalue weighted by Gasteiger charge is -2.34. The van der Waals surface area contributed by atoms with Crippen LogP contribution in [0.5, 0.6) is 0 Å². The van der Waals surface area contributed by atoms with E-state index in [4.69, 9.17) is 25.7 Å². The quantitative estimate of drug-likeness (QED) is 0.0488. The topological polar surface area (TPSA) is 416 Å². The summed E-state index contributed by atoms with van der Waals surface area (Å²) in [5.41, 5.74) is 9.50. The number of ether oxygens (including phenoxy) is 3. The fraction of sp³-hybridized carbons (Fsp3) is 0.545. The maximum Gasteiger partial charge on any atom is 0.313 e. The minimum atomic E-state index is -6.36. The zero-order valence-corrected chi connectivity index (χ0v) is 29.5. The number of methoxy groups -OCH3 is 1. The Balaban J connectivity index is 1.06. The van der Waals surface area contributed by atoms with E-state index in [1.165, 1.54) is 25.1 Å². The number of phosphoric acid groups is 3. The van der Waals surface area contributed by atoms with Crippen molar-refractivity contribution in [2.24, 2.45) is 7.05 Å². The Labute approximate surface area is 293 Å². The van der Waals surface area contributed by atoms with Crippen LogP contribution >= 0.6 is 23.5 Å². The van der Waals surface area contributed by atoms with Crippen molar-refractivity contribution in [3.05, 3.63) is 33.4 Å². The summed E-state index contributed by atoms with van der Waals surface area (Å²) >= 11 is 0. The van der Waals surface area contributed by atoms with E-state index in [0.717, 1.165) is 15.5 Å². The molecule has 292 valence electrons. The van der Waals surface area contributed by atoms with Crippen LogP contribution in [0.1, 0.15) is 12.5 Å². The van der Waals surface area contributed by atoms with Gasteiger partial charge in [-0.2, -0.15) is 4.98 Å². The molecule has 6 rings (SSSR count). The Hall–Kier alpha value is -3.53. The minimum Gasteiger partial charge on any atom is -0.756 e. The summed E-state index contributed by atoms with van der Waals surface area (Å²) in [5, 5.41) is 31.8. The molecule has 2 aliphatic rings. The summed E-state index contributed by atoms with van der Waals surface area (Å²) in [7, 11) is -15.8. The van der Waals surface area contributed by atoms with Crippen LogP contribution in [-0.2, 0) is 52.6 Å². The van der Waals surface area contributed by atoms with Gasteiger partial charge < -0.3 is 64.7 Å². The lowest BCUT2D eigenvalue weighted by Crippen LogP contribution is -2.46. The maximum absolute atomic E-state index is 12.4. The van der Waals surface area contributed by atoms with Gasteiger partial charge in [-0.05, 0) is 0 Å². The standard InChI is InChI=1S/C22H31N10O18P3/c1-30-6-32(16-10(30)18(37)29-22(24)27-16)19-13(35)11(33)7(47-19)3-45-51(38,39)49-53(42,43)50-52(40,41)46-4-8-12(34)14(44-2)20(48-8)31-5-25-9-15(31)26-21(23)28-17(9)36/h5-8,11-14,19-20,33-35H,3-4H2,1-2H3,(H8-,23,24,26,27,28,29,36,37,38,39,40,41,42,43)/p-2/t7-,8?,11-,12-,13+,14-,19?,20-/m1/s1. The molecular weight excluding hydrogens is 785 g/mol. The first-order valence-electron chi connectivity index (χ1n) is 14.7. The van der Waals surface area contributed by atoms with E-state index in [-0.39, 0.29) is 34.2 Å². The van der Waals surface area contributed by atoms with Gasteiger partial charge in [0.25, 0.3) is 40.5 Å². The molecule has 0 spiro atoms. The van der Waals surface area contributed by atoms with Crippen LogP contribution in [0.25, 0.3) is 22.3 Å². The normalized spacial score (nSPS) is 29.7. The van der Waals surface area contributed by atoms with Gasteiger partial charge >= 0.3 is 5.65 Å². The Morgan fingerprint density at radius 2 is 1.49 bits per heavy atom. The average Bonchev–Trinajstić information content (AvgIpc) is 3.76. The van der Waals surface area contributed by atoms with E-state index >= 15 is 0 Å². The molecule has 28 nitrogen and oxygen atoms in total. The zero-order chi connectivity index (χ0) is 38.8. The number of nitrogens with one attached hydrogen (secondary N) is 2. The number of fused-ring (bicyclic) bond motifs is 2. The molecule has 0 radical (unpaired) electrons. The van der Waals surface area contributed by atoms with Crippen LogP contribution in [0.2, 0.25) is 0 Å². The lowest BCUT2D eigenvalue weighted by atomic mass is 10.1. The Bertz CT molecular complexity index is 2300. The number of aliphatic hydroxyl groups excluding tert-OH is 3. The monoisotopic (exact) mass is 814 g/mol. The van der Waals surface area contributed by atoms with E-state index < -0.39 is 96.9 Å². The van der Waals surface area contributed by atoms with Gasteiger partial charge in [-0.15, -0.1) is 0 Å². The molecule has 0 aromatic carbocycles. The van der Waals surface area contributed by atoms with Gasteiger partial charge in [-0.1, -0.05) is 4.98 Å². The van der Waals surface area contributed by atoms with Crippen molar-refractivity contribution >= 4 is 57.7 Å². The van der Waals surface area contributed by atoms with Crippen molar-refractivity contribution in [3.8, 4) is 0 Å². The molecular formula is C22H29N10O18P3-2. The average molecular weight is 814 g/mol. The van der Waals surface area contributed by atoms with E-state index in [1.807, 2.05) is 0 Å². The highest BCUT2D eigenvalue weighted by molar-refractivity contribution is 7.65. The summed E-state index contributed by atoms with van der Waals surface area (Å²) in [6.07, 6.45) is -10.2. The first-order valence-corrected chi connectivity index (χ1v) is 19.1. The second kappa shape index (κ2) is 14.3. The molecule has 5 unspecified atom stereocenters. The van der Waals surface area contributed by atoms with Crippen molar-refractivity contribution < 1.29 is 80.1 Å². The van der Waals surface area contributed by atoms with Crippen LogP contribution in [0.3, 0.4) is 0 Å². The molecule has 31 heteroatoms. The van der Waals surface area contributed by atoms with Crippen LogP contribution < -0.4 is 41.8 Å². The van der Waals surface area contributed by atoms with Gasteiger partial charge in [0.15, 0.2) is 23.7 Å². The lowest BCUT2D eigenvalue weighted by molar-refractivity contribution is -0.745. The highest BCUT2D eigenvalue weighted by atomic mass is 31.3. The summed E-state index contributed by atoms with van der Waals surface area (Å²) < 4.78 is 73.6. The number of hydrogen-bond donors (Lipinski definition) is 7. The molecule has 9 N–H and O–H groups in total. The summed E-state index contributed by atoms with van der Waals surface area (Å²) in [6.45, 7) is -2.29. The van der Waals surface area contributed by atoms with Crippen molar-refractivity contribution in [3.63, 3.8) is 0 Å². The number of nitrogen functional groups attached to an aromatic ring is 2. The predicted molar refractivity (Wildman–Crippen MR) is 162 cm³/mol. The van der Waals surface area contributed by atoms with Gasteiger partial charge in [0.1, 0.15) is 36.6 Å². The third-order valence-corrected chi connectivity index (χ3v) is 12.0. The Morgan fingerprint density at radius 3 is 2.11 bits per heavy atom. The molecule has 2 fully saturated rings. The minimum absolute atomic E-state index is 0.00613. The van der Waals surface area contributed by atoms with Gasteiger partial charge in [-0.25, -0.2) is 18.2 Å². The van der Waals surface area contributed by atoms with Crippen molar-refractivity contribution in [2.45, 2.75) is 49.1 Å². The Morgan fingerprint density at radius 1 is 0.906 bits per heavy atom. The van der Waals surface area contributed by atoms with Crippen molar-refractivity contribution in [1.29, 1.82) is 0 Å². The van der Waals surface area contributed by atoms with Crippen LogP contribution in [0.4, 0.5) is 11.9 Å². The fourth-order valence-corrected chi connectivity index (χ4v) is 9.04. The molecule has 0 amide bonds. The van der Waals surface area contributed by atoms with Crippen LogP contribution in [0.15, 0.2) is 22.2 Å². The van der Waals surface area contributed by atoms with Gasteiger partial charge in [0.05, 0.1) is 26.6 Å². The molecule has 0 aliphatic carbocycles. The molecule has 4 aromatic heterocycles. The number of aromatic nitrogens is 8. The Kier molecular flexibility index (Phi) is 10.6. The molecule has 2 saturated heterocycles. The molecule has 53 heavy (non-hydrogen) atoms. The number of H-pyrrole nitrogens is 2. The van der Waals surface area contributed by atoms with E-state index in [9.17, 15) is 53.3 Å². The van der Waals surface area contributed by atoms with Crippen LogP contribution in [-0.4, -0.2) is 106 Å². The highest BCUT2D eigenvalue weighted by Crippen LogP contribution is 2.63. The molecule has 6 heterocycles. The molecule has 0 saturated carbocycles. The van der Waals surface area contributed by atoms with Crippen molar-refractivity contribution in [1.82, 2.24) is 34.1 Å². The number of aromatic amines is 2. The van der Waals surface area contributed by atoms with Gasteiger partial charge in [-0.3, -0.25) is 42.4 Å². The predicted octanol–water partition coefficient (Wildman–Crippen LogP) is -5.79. The first kappa shape index (κ1) is 39.2. The largest absolute Gasteiger partial charge is 0.756 e. The third-order valence-electron chi connectivity index (χ3n) is 7.90. The summed E-state index contributed by atoms with van der Waals surface area (Å²) in [5.74, 6) is -0.576. The van der Waals surface area contributed by atoms with E-state index in [1.54, 1.807) is 0 Å². The van der Waals surface area contributed by atoms with Gasteiger partial charge in [0.2, 0.25) is 17.7 Å². The number of aryl methyl sites for hydroxylation is 1. The fourth-order valence-electron chi connectivity index (χ4n) is 5.65. The number of nitrogens with two attached hydrogens (primary N) is 2.